The second-order valence-electron chi connectivity index (χ2n) is 3.90. The minimum Gasteiger partial charge on any atom is -0.255 e. The first kappa shape index (κ1) is 18.4. The normalized spacial score (nSPS) is 13.9. The van der Waals surface area contributed by atoms with Crippen molar-refractivity contribution in [2.45, 2.75) is 20.8 Å². The van der Waals surface area contributed by atoms with Gasteiger partial charge in [0, 0.05) is 12.4 Å². The highest BCUT2D eigenvalue weighted by Crippen LogP contribution is 2.07. The van der Waals surface area contributed by atoms with E-state index in [1.807, 2.05) is 51.2 Å². The molecule has 0 heterocycles. The van der Waals surface area contributed by atoms with E-state index in [0.29, 0.717) is 22.8 Å². The third-order valence-electron chi connectivity index (χ3n) is 2.24. The average Bonchev–Trinajstić information content (AvgIpc) is 2.47. The van der Waals surface area contributed by atoms with E-state index < -0.39 is 0 Å². The largest absolute Gasteiger partial charge is 0.255 e. The summed E-state index contributed by atoms with van der Waals surface area (Å²) in [5.41, 5.74) is 2.32. The van der Waals surface area contributed by atoms with Crippen molar-refractivity contribution in [2.24, 2.45) is 15.0 Å². The summed E-state index contributed by atoms with van der Waals surface area (Å²) in [7, 11) is 0. The number of hydrogen-bond donors (Lipinski definition) is 0. The molecular weight excluding hydrogens is 258 g/mol. The molecule has 0 spiro atoms. The highest BCUT2D eigenvalue weighted by atomic mass is 14.9. The zero-order valence-corrected chi connectivity index (χ0v) is 13.1. The molecule has 0 bridgehead atoms. The molecule has 0 aromatic heterocycles. The van der Waals surface area contributed by atoms with E-state index in [4.69, 9.17) is 0 Å². The van der Waals surface area contributed by atoms with E-state index in [1.54, 1.807) is 18.5 Å². The lowest BCUT2D eigenvalue weighted by Crippen LogP contribution is -2.02. The lowest BCUT2D eigenvalue weighted by Gasteiger charge is -2.03. The number of allylic oxidation sites excluding steroid dienone is 6. The summed E-state index contributed by atoms with van der Waals surface area (Å²) >= 11 is 0. The van der Waals surface area contributed by atoms with Gasteiger partial charge in [0.15, 0.2) is 0 Å². The molecule has 0 saturated carbocycles. The molecule has 0 atom stereocenters. The molecule has 0 unspecified atom stereocenters. The van der Waals surface area contributed by atoms with Gasteiger partial charge in [-0.1, -0.05) is 38.0 Å². The molecule has 0 saturated heterocycles. The highest BCUT2D eigenvalue weighted by molar-refractivity contribution is 6.14. The highest BCUT2D eigenvalue weighted by Gasteiger charge is 2.03. The topological polar surface area (TPSA) is 37.1 Å². The first-order valence-electron chi connectivity index (χ1n) is 6.67. The van der Waals surface area contributed by atoms with Crippen molar-refractivity contribution in [3.8, 4) is 0 Å². The molecule has 0 N–H and O–H groups in total. The van der Waals surface area contributed by atoms with E-state index in [9.17, 15) is 0 Å². The van der Waals surface area contributed by atoms with Crippen molar-refractivity contribution in [3.63, 3.8) is 0 Å². The predicted octanol–water partition coefficient (Wildman–Crippen LogP) is 4.84. The van der Waals surface area contributed by atoms with Crippen molar-refractivity contribution >= 4 is 17.6 Å². The summed E-state index contributed by atoms with van der Waals surface area (Å²) in [6.45, 7) is 17.3. The van der Waals surface area contributed by atoms with Crippen LogP contribution in [0.15, 0.2) is 88.8 Å². The lowest BCUT2D eigenvalue weighted by atomic mass is 10.2. The van der Waals surface area contributed by atoms with Gasteiger partial charge in [-0.05, 0) is 39.0 Å². The van der Waals surface area contributed by atoms with Crippen LogP contribution in [0.1, 0.15) is 20.8 Å². The first-order chi connectivity index (χ1) is 10.1. The number of hydrogen-bond acceptors (Lipinski definition) is 3. The minimum atomic E-state index is 0.513. The fraction of sp³-hybridized carbons (Fsp3) is 0.167. The zero-order chi connectivity index (χ0) is 16.1. The fourth-order valence-corrected chi connectivity index (χ4v) is 1.24. The molecule has 0 aliphatic heterocycles. The van der Waals surface area contributed by atoms with E-state index >= 15 is 0 Å². The van der Waals surface area contributed by atoms with Gasteiger partial charge in [-0.3, -0.25) is 9.98 Å². The van der Waals surface area contributed by atoms with Crippen LogP contribution in [-0.4, -0.2) is 17.6 Å². The number of aliphatic imine (C=N–C) groups is 3. The first-order valence-corrected chi connectivity index (χ1v) is 6.67. The Hall–Kier alpha value is -2.55. The van der Waals surface area contributed by atoms with Crippen LogP contribution in [0.2, 0.25) is 0 Å². The maximum atomic E-state index is 4.43. The Labute approximate surface area is 127 Å². The van der Waals surface area contributed by atoms with Gasteiger partial charge in [0.1, 0.15) is 0 Å². The Morgan fingerprint density at radius 3 is 2.14 bits per heavy atom. The average molecular weight is 281 g/mol. The molecule has 3 nitrogen and oxygen atoms in total. The Balaban J connectivity index is 5.41. The Morgan fingerprint density at radius 2 is 1.62 bits per heavy atom. The van der Waals surface area contributed by atoms with Crippen molar-refractivity contribution in [1.29, 1.82) is 0 Å². The van der Waals surface area contributed by atoms with Gasteiger partial charge >= 0.3 is 0 Å². The Bertz CT molecular complexity index is 553. The number of rotatable bonds is 8. The summed E-state index contributed by atoms with van der Waals surface area (Å²) in [4.78, 5) is 12.9. The van der Waals surface area contributed by atoms with E-state index in [1.165, 1.54) is 0 Å². The molecule has 0 aliphatic rings. The van der Waals surface area contributed by atoms with Crippen molar-refractivity contribution in [2.75, 3.05) is 0 Å². The zero-order valence-electron chi connectivity index (χ0n) is 13.1. The minimum absolute atomic E-state index is 0.513. The smallest absolute Gasteiger partial charge is 0.0884 e. The van der Waals surface area contributed by atoms with Crippen molar-refractivity contribution < 1.29 is 0 Å². The molecular formula is C18H23N3. The summed E-state index contributed by atoms with van der Waals surface area (Å²) in [6, 6.07) is 0. The van der Waals surface area contributed by atoms with Gasteiger partial charge in [-0.2, -0.15) is 0 Å². The lowest BCUT2D eigenvalue weighted by molar-refractivity contribution is 1.40. The summed E-state index contributed by atoms with van der Waals surface area (Å²) in [5.74, 6) is 0. The summed E-state index contributed by atoms with van der Waals surface area (Å²) < 4.78 is 0. The second kappa shape index (κ2) is 11.3. The van der Waals surface area contributed by atoms with Gasteiger partial charge in [-0.15, -0.1) is 0 Å². The molecule has 0 rings (SSSR count). The molecule has 21 heavy (non-hydrogen) atoms. The van der Waals surface area contributed by atoms with Crippen LogP contribution >= 0.6 is 0 Å². The SMILES string of the molecule is C=C/C(=N\C=C/C)C(=C)/N=C(\C=C/C)C(=C)/N=C\C=C/C. The Kier molecular flexibility index (Phi) is 9.92. The van der Waals surface area contributed by atoms with Gasteiger partial charge in [0.25, 0.3) is 0 Å². The van der Waals surface area contributed by atoms with Crippen LogP contribution in [-0.2, 0) is 0 Å². The number of nitrogens with zero attached hydrogens (tertiary/aromatic N) is 3. The molecule has 3 heteroatoms. The van der Waals surface area contributed by atoms with Crippen molar-refractivity contribution in [3.05, 3.63) is 73.8 Å². The molecule has 0 amide bonds. The van der Waals surface area contributed by atoms with E-state index in [-0.39, 0.29) is 0 Å². The van der Waals surface area contributed by atoms with E-state index in [2.05, 4.69) is 34.7 Å². The summed E-state index contributed by atoms with van der Waals surface area (Å²) in [5, 5.41) is 0. The Morgan fingerprint density at radius 1 is 0.905 bits per heavy atom. The van der Waals surface area contributed by atoms with Crippen LogP contribution in [0, 0.1) is 0 Å². The molecule has 0 aromatic carbocycles. The second-order valence-corrected chi connectivity index (χ2v) is 3.90. The van der Waals surface area contributed by atoms with Crippen LogP contribution < -0.4 is 0 Å². The van der Waals surface area contributed by atoms with Gasteiger partial charge in [0.2, 0.25) is 0 Å². The third kappa shape index (κ3) is 7.57. The van der Waals surface area contributed by atoms with Crippen LogP contribution in [0.25, 0.3) is 0 Å². The molecule has 110 valence electrons. The maximum absolute atomic E-state index is 4.43. The van der Waals surface area contributed by atoms with Gasteiger partial charge in [0.05, 0.1) is 22.8 Å². The predicted molar refractivity (Wildman–Crippen MR) is 96.3 cm³/mol. The molecule has 0 fully saturated rings. The van der Waals surface area contributed by atoms with E-state index in [0.717, 1.165) is 0 Å². The molecule has 0 aliphatic carbocycles. The quantitative estimate of drug-likeness (QED) is 0.571. The molecule has 0 radical (unpaired) electrons. The van der Waals surface area contributed by atoms with Gasteiger partial charge in [-0.25, -0.2) is 4.99 Å². The summed E-state index contributed by atoms with van der Waals surface area (Å²) in [6.07, 6.45) is 14.2. The maximum Gasteiger partial charge on any atom is 0.0884 e. The monoisotopic (exact) mass is 281 g/mol. The van der Waals surface area contributed by atoms with Crippen LogP contribution in [0.3, 0.4) is 0 Å². The standard InChI is InChI=1S/C18H23N3/c1-7-11-14-19-15(5)18(12-8-2)21-16(6)17(10-4)20-13-9-3/h7-14H,4-6H2,1-3H3/b11-7-,12-8-,13-9-,19-14-,20-17+,21-18+. The van der Waals surface area contributed by atoms with Crippen LogP contribution in [0.5, 0.6) is 0 Å². The molecule has 0 aromatic rings. The van der Waals surface area contributed by atoms with Crippen molar-refractivity contribution in [1.82, 2.24) is 0 Å². The third-order valence-corrected chi connectivity index (χ3v) is 2.24. The van der Waals surface area contributed by atoms with Crippen LogP contribution in [0.4, 0.5) is 0 Å². The van der Waals surface area contributed by atoms with Gasteiger partial charge < -0.3 is 0 Å². The fourth-order valence-electron chi connectivity index (χ4n) is 1.24.